The average Bonchev–Trinajstić information content (AvgIpc) is 2.55. The molecule has 4 nitrogen and oxygen atoms in total. The van der Waals surface area contributed by atoms with Gasteiger partial charge in [0, 0.05) is 12.1 Å². The molecule has 5 heteroatoms. The molecule has 0 radical (unpaired) electrons. The number of benzene rings is 2. The van der Waals surface area contributed by atoms with Crippen LogP contribution in [0.5, 0.6) is 0 Å². The van der Waals surface area contributed by atoms with Gasteiger partial charge in [-0.3, -0.25) is 4.79 Å². The Morgan fingerprint density at radius 3 is 2.58 bits per heavy atom. The van der Waals surface area contributed by atoms with Gasteiger partial charge in [0.05, 0.1) is 6.61 Å². The molecule has 0 aliphatic heterocycles. The van der Waals surface area contributed by atoms with Crippen LogP contribution in [0, 0.1) is 5.82 Å². The Hall–Kier alpha value is -2.95. The van der Waals surface area contributed by atoms with Crippen LogP contribution in [0.1, 0.15) is 28.5 Å². The molecule has 3 aromatic rings. The lowest BCUT2D eigenvalue weighted by molar-refractivity contribution is 0.0524. The Labute approximate surface area is 137 Å². The molecule has 0 saturated carbocycles. The van der Waals surface area contributed by atoms with Crippen LogP contribution < -0.4 is 5.56 Å². The number of carbonyl (C=O) groups is 1. The number of pyridine rings is 1. The second-order valence-corrected chi connectivity index (χ2v) is 5.45. The number of hydrogen-bond acceptors (Lipinski definition) is 3. The number of nitrogens with one attached hydrogen (secondary N) is 1. The van der Waals surface area contributed by atoms with E-state index in [1.165, 1.54) is 18.2 Å². The van der Waals surface area contributed by atoms with Crippen LogP contribution in [-0.2, 0) is 11.2 Å². The minimum atomic E-state index is -0.627. The summed E-state index contributed by atoms with van der Waals surface area (Å²) in [4.78, 5) is 26.3. The maximum absolute atomic E-state index is 13.2. The highest BCUT2D eigenvalue weighted by atomic mass is 19.1. The molecule has 0 bridgehead atoms. The molecule has 0 fully saturated rings. The fourth-order valence-corrected chi connectivity index (χ4v) is 2.58. The van der Waals surface area contributed by atoms with Crippen molar-refractivity contribution in [3.8, 4) is 0 Å². The van der Waals surface area contributed by atoms with E-state index < -0.39 is 11.5 Å². The number of fused-ring (bicyclic) bond motifs is 1. The predicted molar refractivity (Wildman–Crippen MR) is 89.7 cm³/mol. The summed E-state index contributed by atoms with van der Waals surface area (Å²) >= 11 is 0. The Morgan fingerprint density at radius 1 is 1.08 bits per heavy atom. The number of ether oxygens (including phenoxy) is 1. The van der Waals surface area contributed by atoms with E-state index in [9.17, 15) is 14.0 Å². The van der Waals surface area contributed by atoms with Crippen molar-refractivity contribution >= 4 is 16.7 Å². The first-order chi connectivity index (χ1) is 11.6. The molecule has 1 N–H and O–H groups in total. The zero-order valence-corrected chi connectivity index (χ0v) is 13.1. The first-order valence-electron chi connectivity index (χ1n) is 7.64. The highest BCUT2D eigenvalue weighted by molar-refractivity contribution is 5.88. The zero-order chi connectivity index (χ0) is 17.1. The second kappa shape index (κ2) is 6.66. The topological polar surface area (TPSA) is 59.2 Å². The zero-order valence-electron chi connectivity index (χ0n) is 13.1. The smallest absolute Gasteiger partial charge is 0.343 e. The molecule has 0 unspecified atom stereocenters. The Morgan fingerprint density at radius 2 is 1.83 bits per heavy atom. The summed E-state index contributed by atoms with van der Waals surface area (Å²) in [7, 11) is 0. The minimum Gasteiger partial charge on any atom is -0.462 e. The van der Waals surface area contributed by atoms with Gasteiger partial charge in [0.25, 0.3) is 5.56 Å². The fourth-order valence-electron chi connectivity index (χ4n) is 2.58. The second-order valence-electron chi connectivity index (χ2n) is 5.45. The molecule has 0 saturated heterocycles. The van der Waals surface area contributed by atoms with E-state index in [0.717, 1.165) is 16.3 Å². The predicted octanol–water partition coefficient (Wildman–Crippen LogP) is 3.43. The van der Waals surface area contributed by atoms with Crippen LogP contribution >= 0.6 is 0 Å². The van der Waals surface area contributed by atoms with Crippen LogP contribution in [0.4, 0.5) is 4.39 Å². The highest BCUT2D eigenvalue weighted by Crippen LogP contribution is 2.19. The van der Waals surface area contributed by atoms with Crippen molar-refractivity contribution in [3.05, 3.63) is 81.5 Å². The Kier molecular flexibility index (Phi) is 4.42. The third-order valence-electron chi connectivity index (χ3n) is 3.73. The molecule has 3 rings (SSSR count). The van der Waals surface area contributed by atoms with Crippen molar-refractivity contribution < 1.29 is 13.9 Å². The number of aromatic nitrogens is 1. The van der Waals surface area contributed by atoms with E-state index in [0.29, 0.717) is 12.1 Å². The highest BCUT2D eigenvalue weighted by Gasteiger charge is 2.11. The van der Waals surface area contributed by atoms with Crippen molar-refractivity contribution in [2.45, 2.75) is 13.3 Å². The third-order valence-corrected chi connectivity index (χ3v) is 3.73. The van der Waals surface area contributed by atoms with E-state index in [1.54, 1.807) is 19.1 Å². The van der Waals surface area contributed by atoms with Gasteiger partial charge in [0.1, 0.15) is 11.4 Å². The van der Waals surface area contributed by atoms with E-state index >= 15 is 0 Å². The molecule has 0 aliphatic carbocycles. The molecule has 1 aromatic heterocycles. The molecule has 0 atom stereocenters. The Bertz CT molecular complexity index is 962. The van der Waals surface area contributed by atoms with Gasteiger partial charge >= 0.3 is 5.97 Å². The van der Waals surface area contributed by atoms with Crippen LogP contribution in [0.15, 0.2) is 53.3 Å². The van der Waals surface area contributed by atoms with Gasteiger partial charge in [-0.25, -0.2) is 9.18 Å². The number of esters is 1. The molecule has 0 amide bonds. The van der Waals surface area contributed by atoms with Crippen molar-refractivity contribution in [2.75, 3.05) is 6.61 Å². The molecule has 1 heterocycles. The summed E-state index contributed by atoms with van der Waals surface area (Å²) in [6.45, 7) is 1.91. The normalized spacial score (nSPS) is 10.8. The fraction of sp³-hybridized carbons (Fsp3) is 0.158. The van der Waals surface area contributed by atoms with Crippen molar-refractivity contribution in [1.29, 1.82) is 0 Å². The van der Waals surface area contributed by atoms with Crippen LogP contribution in [0.3, 0.4) is 0 Å². The molecule has 122 valence electrons. The number of H-pyrrole nitrogens is 1. The van der Waals surface area contributed by atoms with E-state index in [4.69, 9.17) is 4.74 Å². The summed E-state index contributed by atoms with van der Waals surface area (Å²) in [5.74, 6) is -0.896. The van der Waals surface area contributed by atoms with Gasteiger partial charge < -0.3 is 9.72 Å². The Balaban J connectivity index is 1.86. The quantitative estimate of drug-likeness (QED) is 0.748. The summed E-state index contributed by atoms with van der Waals surface area (Å²) in [6.07, 6.45) is 0.506. The summed E-state index contributed by atoms with van der Waals surface area (Å²) in [6, 6.07) is 13.5. The third kappa shape index (κ3) is 3.35. The number of halogens is 1. The summed E-state index contributed by atoms with van der Waals surface area (Å²) in [5.41, 5.74) is 1.20. The maximum Gasteiger partial charge on any atom is 0.343 e. The van der Waals surface area contributed by atoms with Gasteiger partial charge in [-0.2, -0.15) is 0 Å². The molecule has 0 aliphatic rings. The van der Waals surface area contributed by atoms with Crippen molar-refractivity contribution in [3.63, 3.8) is 0 Å². The van der Waals surface area contributed by atoms with Crippen molar-refractivity contribution in [2.24, 2.45) is 0 Å². The minimum absolute atomic E-state index is 0.00501. The number of hydrogen-bond donors (Lipinski definition) is 1. The van der Waals surface area contributed by atoms with Crippen LogP contribution in [-0.4, -0.2) is 17.6 Å². The number of rotatable bonds is 4. The number of aromatic amines is 1. The standard InChI is InChI=1S/C19H16FNO3/c1-2-24-19(23)17-8-7-16(21-18(17)22)10-12-3-4-14-11-15(20)6-5-13(14)9-12/h3-9,11H,2,10H2,1H3,(H,21,22). The largest absolute Gasteiger partial charge is 0.462 e. The lowest BCUT2D eigenvalue weighted by Crippen LogP contribution is -2.20. The van der Waals surface area contributed by atoms with Gasteiger partial charge in [0.2, 0.25) is 0 Å². The number of carbonyl (C=O) groups excluding carboxylic acids is 1. The van der Waals surface area contributed by atoms with E-state index in [-0.39, 0.29) is 18.0 Å². The average molecular weight is 325 g/mol. The molecular formula is C19H16FNO3. The first-order valence-corrected chi connectivity index (χ1v) is 7.64. The summed E-state index contributed by atoms with van der Waals surface area (Å²) in [5, 5.41) is 1.75. The lowest BCUT2D eigenvalue weighted by atomic mass is 10.0. The van der Waals surface area contributed by atoms with Gasteiger partial charge in [-0.15, -0.1) is 0 Å². The molecular weight excluding hydrogens is 309 g/mol. The SMILES string of the molecule is CCOC(=O)c1ccc(Cc2ccc3cc(F)ccc3c2)[nH]c1=O. The van der Waals surface area contributed by atoms with E-state index in [2.05, 4.69) is 4.98 Å². The molecule has 0 spiro atoms. The van der Waals surface area contributed by atoms with Crippen LogP contribution in [0.25, 0.3) is 10.8 Å². The molecule has 2 aromatic carbocycles. The summed E-state index contributed by atoms with van der Waals surface area (Å²) < 4.78 is 18.0. The lowest BCUT2D eigenvalue weighted by Gasteiger charge is -2.06. The first kappa shape index (κ1) is 15.9. The van der Waals surface area contributed by atoms with Crippen molar-refractivity contribution in [1.82, 2.24) is 4.98 Å². The monoisotopic (exact) mass is 325 g/mol. The van der Waals surface area contributed by atoms with Crippen LogP contribution in [0.2, 0.25) is 0 Å². The molecule has 24 heavy (non-hydrogen) atoms. The van der Waals surface area contributed by atoms with Gasteiger partial charge in [0.15, 0.2) is 0 Å². The van der Waals surface area contributed by atoms with E-state index in [1.807, 2.05) is 18.2 Å². The maximum atomic E-state index is 13.2. The van der Waals surface area contributed by atoms with Gasteiger partial charge in [-0.1, -0.05) is 24.3 Å². The van der Waals surface area contributed by atoms with Gasteiger partial charge in [-0.05, 0) is 47.5 Å².